The first-order valence-corrected chi connectivity index (χ1v) is 9.90. The lowest BCUT2D eigenvalue weighted by Crippen LogP contribution is -2.34. The van der Waals surface area contributed by atoms with E-state index in [4.69, 9.17) is 20.5 Å². The van der Waals surface area contributed by atoms with Gasteiger partial charge in [-0.15, -0.1) is 0 Å². The third kappa shape index (κ3) is 6.83. The van der Waals surface area contributed by atoms with E-state index in [1.165, 1.54) is 4.57 Å². The summed E-state index contributed by atoms with van der Waals surface area (Å²) in [5, 5.41) is 0. The zero-order valence-corrected chi connectivity index (χ0v) is 15.3. The molecule has 1 unspecified atom stereocenters. The number of aliphatic imine (C=N–C) groups is 1. The summed E-state index contributed by atoms with van der Waals surface area (Å²) in [7, 11) is 3.64. The molecule has 1 aromatic heterocycles. The van der Waals surface area contributed by atoms with Crippen LogP contribution in [0.25, 0.3) is 0 Å². The maximum absolute atomic E-state index is 11.9. The molecule has 0 aliphatic carbocycles. The van der Waals surface area contributed by atoms with Crippen molar-refractivity contribution in [3.8, 4) is 0 Å². The molecule has 1 aliphatic rings. The van der Waals surface area contributed by atoms with Gasteiger partial charge in [0, 0.05) is 20.3 Å². The third-order valence-electron chi connectivity index (χ3n) is 2.60. The topological polar surface area (TPSA) is 86.0 Å². The van der Waals surface area contributed by atoms with Crippen molar-refractivity contribution in [2.24, 2.45) is 4.99 Å². The summed E-state index contributed by atoms with van der Waals surface area (Å²) < 4.78 is 23.1. The second kappa shape index (κ2) is 9.17. The van der Waals surface area contributed by atoms with Gasteiger partial charge < -0.3 is 14.2 Å². The standard InChI is InChI=1S/C11H16ClN4O4P.C2H6/c1-15(2)7-13-10-3-4-16(11(17)14-10)5-9-6-20-21(12,18)8-19-9;1-2/h3-4,7,9H,5-6,8H2,1-2H3;1-2H3/t9-,21?;/m0./s1. The Morgan fingerprint density at radius 2 is 2.26 bits per heavy atom. The van der Waals surface area contributed by atoms with Crippen LogP contribution in [0, 0.1) is 0 Å². The Labute approximate surface area is 140 Å². The molecule has 8 nitrogen and oxygen atoms in total. The SMILES string of the molecule is CC.CN(C)C=Nc1ccn(C[C@H]2COP(=O)(Cl)CO2)c(=O)n1. The maximum atomic E-state index is 11.9. The maximum Gasteiger partial charge on any atom is 0.349 e. The van der Waals surface area contributed by atoms with Crippen LogP contribution < -0.4 is 5.69 Å². The molecule has 0 saturated carbocycles. The summed E-state index contributed by atoms with van der Waals surface area (Å²) in [5.41, 5.74) is -0.438. The Kier molecular flexibility index (Phi) is 7.91. The summed E-state index contributed by atoms with van der Waals surface area (Å²) in [5.74, 6) is 0.330. The van der Waals surface area contributed by atoms with E-state index < -0.39 is 12.4 Å². The molecule has 2 atom stereocenters. The molecular formula is C13H22ClN4O4P. The van der Waals surface area contributed by atoms with Crippen molar-refractivity contribution in [2.45, 2.75) is 26.5 Å². The van der Waals surface area contributed by atoms with Crippen molar-refractivity contribution in [3.63, 3.8) is 0 Å². The van der Waals surface area contributed by atoms with Crippen molar-refractivity contribution < 1.29 is 13.8 Å². The van der Waals surface area contributed by atoms with Gasteiger partial charge in [0.05, 0.1) is 19.5 Å². The van der Waals surface area contributed by atoms with Crippen LogP contribution in [-0.4, -0.2) is 53.9 Å². The Bertz CT molecular complexity index is 623. The highest BCUT2D eigenvalue weighted by Gasteiger charge is 2.29. The van der Waals surface area contributed by atoms with Crippen LogP contribution >= 0.6 is 18.0 Å². The van der Waals surface area contributed by atoms with Crippen LogP contribution in [0.2, 0.25) is 0 Å². The monoisotopic (exact) mass is 364 g/mol. The molecular weight excluding hydrogens is 343 g/mol. The molecule has 130 valence electrons. The van der Waals surface area contributed by atoms with Crippen LogP contribution in [0.4, 0.5) is 5.82 Å². The smallest absolute Gasteiger partial charge is 0.349 e. The predicted octanol–water partition coefficient (Wildman–Crippen LogP) is 2.30. The molecule has 10 heteroatoms. The highest BCUT2D eigenvalue weighted by atomic mass is 35.7. The van der Waals surface area contributed by atoms with Crippen LogP contribution in [0.3, 0.4) is 0 Å². The predicted molar refractivity (Wildman–Crippen MR) is 90.8 cm³/mol. The fourth-order valence-electron chi connectivity index (χ4n) is 1.60. The minimum absolute atomic E-state index is 0.0771. The number of nitrogens with zero attached hydrogens (tertiary/aromatic N) is 4. The highest BCUT2D eigenvalue weighted by Crippen LogP contribution is 2.54. The lowest BCUT2D eigenvalue weighted by molar-refractivity contribution is 0.00610. The molecule has 0 bridgehead atoms. The average molecular weight is 365 g/mol. The first kappa shape index (κ1) is 19.8. The zero-order valence-electron chi connectivity index (χ0n) is 13.7. The Hall–Kier alpha value is -1.21. The van der Waals surface area contributed by atoms with Crippen LogP contribution in [0.15, 0.2) is 22.1 Å². The second-order valence-corrected chi connectivity index (χ2v) is 7.97. The Balaban J connectivity index is 0.00000127. The first-order valence-electron chi connectivity index (χ1n) is 7.19. The number of rotatable bonds is 4. The second-order valence-electron chi connectivity index (χ2n) is 4.73. The first-order chi connectivity index (χ1) is 10.9. The fourth-order valence-corrected chi connectivity index (χ4v) is 2.79. The summed E-state index contributed by atoms with van der Waals surface area (Å²) in [6.07, 6.45) is 2.59. The van der Waals surface area contributed by atoms with Gasteiger partial charge in [-0.2, -0.15) is 4.98 Å². The van der Waals surface area contributed by atoms with Gasteiger partial charge in [0.25, 0.3) is 0 Å². The minimum Gasteiger partial charge on any atom is -0.369 e. The van der Waals surface area contributed by atoms with Crippen LogP contribution in [0.1, 0.15) is 13.8 Å². The van der Waals surface area contributed by atoms with E-state index in [1.807, 2.05) is 27.9 Å². The Morgan fingerprint density at radius 3 is 2.78 bits per heavy atom. The van der Waals surface area contributed by atoms with Crippen molar-refractivity contribution in [2.75, 3.05) is 27.1 Å². The molecule has 0 N–H and O–H groups in total. The number of hydrogen-bond donors (Lipinski definition) is 0. The van der Waals surface area contributed by atoms with E-state index in [0.717, 1.165) is 0 Å². The molecule has 1 aliphatic heterocycles. The van der Waals surface area contributed by atoms with E-state index in [9.17, 15) is 9.36 Å². The van der Waals surface area contributed by atoms with Gasteiger partial charge in [0.2, 0.25) is 0 Å². The molecule has 1 fully saturated rings. The molecule has 2 rings (SSSR count). The van der Waals surface area contributed by atoms with E-state index in [2.05, 4.69) is 9.98 Å². The van der Waals surface area contributed by atoms with Crippen molar-refractivity contribution in [1.29, 1.82) is 0 Å². The van der Waals surface area contributed by atoms with Gasteiger partial charge in [0.1, 0.15) is 12.5 Å². The van der Waals surface area contributed by atoms with E-state index in [-0.39, 0.29) is 25.6 Å². The fraction of sp³-hybridized carbons (Fsp3) is 0.615. The molecule has 2 heterocycles. The van der Waals surface area contributed by atoms with Gasteiger partial charge >= 0.3 is 12.4 Å². The molecule has 0 radical (unpaired) electrons. The summed E-state index contributed by atoms with van der Waals surface area (Å²) in [6.45, 7) is 1.18. The van der Waals surface area contributed by atoms with Crippen molar-refractivity contribution >= 4 is 30.1 Å². The summed E-state index contributed by atoms with van der Waals surface area (Å²) >= 11 is 5.56. The largest absolute Gasteiger partial charge is 0.369 e. The van der Waals surface area contributed by atoms with E-state index >= 15 is 0 Å². The zero-order chi connectivity index (χ0) is 17.5. The normalized spacial score (nSPS) is 24.1. The Morgan fingerprint density at radius 1 is 1.57 bits per heavy atom. The van der Waals surface area contributed by atoms with Gasteiger partial charge in [-0.25, -0.2) is 9.79 Å². The van der Waals surface area contributed by atoms with Gasteiger partial charge in [0.15, 0.2) is 5.82 Å². The summed E-state index contributed by atoms with van der Waals surface area (Å²) in [4.78, 5) is 21.5. The van der Waals surface area contributed by atoms with Crippen LogP contribution in [-0.2, 0) is 20.4 Å². The van der Waals surface area contributed by atoms with Gasteiger partial charge in [-0.1, -0.05) is 13.8 Å². The van der Waals surface area contributed by atoms with Gasteiger partial charge in [-0.05, 0) is 17.3 Å². The molecule has 0 spiro atoms. The lowest BCUT2D eigenvalue weighted by atomic mass is 10.3. The number of aromatic nitrogens is 2. The molecule has 23 heavy (non-hydrogen) atoms. The lowest BCUT2D eigenvalue weighted by Gasteiger charge is -2.26. The summed E-state index contributed by atoms with van der Waals surface area (Å²) in [6, 6.07) is 1.62. The van der Waals surface area contributed by atoms with Crippen molar-refractivity contribution in [3.05, 3.63) is 22.7 Å². The molecule has 1 saturated heterocycles. The van der Waals surface area contributed by atoms with E-state index in [0.29, 0.717) is 5.82 Å². The molecule has 1 aromatic rings. The average Bonchev–Trinajstić information content (AvgIpc) is 2.51. The van der Waals surface area contributed by atoms with Crippen molar-refractivity contribution in [1.82, 2.24) is 14.5 Å². The molecule has 0 aromatic carbocycles. The number of halogens is 1. The number of hydrogen-bond acceptors (Lipinski definition) is 6. The van der Waals surface area contributed by atoms with Gasteiger partial charge in [-0.3, -0.25) is 9.13 Å². The number of ether oxygens (including phenoxy) is 1. The quantitative estimate of drug-likeness (QED) is 0.463. The van der Waals surface area contributed by atoms with E-state index in [1.54, 1.807) is 23.5 Å². The van der Waals surface area contributed by atoms with Crippen LogP contribution in [0.5, 0.6) is 0 Å². The highest BCUT2D eigenvalue weighted by molar-refractivity contribution is 7.85. The minimum atomic E-state index is -3.14. The molecule has 0 amide bonds. The third-order valence-corrected chi connectivity index (χ3v) is 4.18.